The lowest BCUT2D eigenvalue weighted by Gasteiger charge is -2.19. The van der Waals surface area contributed by atoms with Crippen LogP contribution >= 0.6 is 15.9 Å². The highest BCUT2D eigenvalue weighted by molar-refractivity contribution is 9.10. The maximum atomic E-state index is 10.5. The number of fused-ring (bicyclic) bond motifs is 1. The number of aromatic nitrogens is 1. The molecule has 5 heteroatoms. The van der Waals surface area contributed by atoms with E-state index in [-0.39, 0.29) is 6.42 Å². The zero-order chi connectivity index (χ0) is 13.8. The summed E-state index contributed by atoms with van der Waals surface area (Å²) in [5.41, 5.74) is 0. The van der Waals surface area contributed by atoms with Crippen LogP contribution in [0.4, 0.5) is 5.82 Å². The fourth-order valence-corrected chi connectivity index (χ4v) is 2.53. The Bertz CT molecular complexity index is 601. The van der Waals surface area contributed by atoms with E-state index in [0.717, 1.165) is 21.1 Å². The summed E-state index contributed by atoms with van der Waals surface area (Å²) < 4.78 is 1.03. The SMILES string of the molecule is CN(CCCC(=O)O)c1nccc2c(Br)cccc12. The Morgan fingerprint density at radius 1 is 1.37 bits per heavy atom. The van der Waals surface area contributed by atoms with E-state index in [0.29, 0.717) is 13.0 Å². The summed E-state index contributed by atoms with van der Waals surface area (Å²) in [7, 11) is 1.94. The molecule has 0 radical (unpaired) electrons. The Kier molecular flexibility index (Phi) is 4.37. The van der Waals surface area contributed by atoms with Gasteiger partial charge in [-0.05, 0) is 18.6 Å². The second-order valence-corrected chi connectivity index (χ2v) is 5.24. The highest BCUT2D eigenvalue weighted by Gasteiger charge is 2.09. The van der Waals surface area contributed by atoms with Gasteiger partial charge in [0.1, 0.15) is 5.82 Å². The normalized spacial score (nSPS) is 10.6. The molecule has 0 spiro atoms. The molecule has 4 nitrogen and oxygen atoms in total. The van der Waals surface area contributed by atoms with Crippen LogP contribution in [-0.4, -0.2) is 29.7 Å². The minimum Gasteiger partial charge on any atom is -0.481 e. The molecule has 0 aliphatic rings. The Morgan fingerprint density at radius 2 is 2.16 bits per heavy atom. The van der Waals surface area contributed by atoms with Crippen LogP contribution in [-0.2, 0) is 4.79 Å². The summed E-state index contributed by atoms with van der Waals surface area (Å²) in [5.74, 6) is 0.117. The number of carboxylic acids is 1. The van der Waals surface area contributed by atoms with Crippen molar-refractivity contribution in [2.45, 2.75) is 12.8 Å². The predicted octanol–water partition coefficient (Wildman–Crippen LogP) is 3.30. The van der Waals surface area contributed by atoms with Crippen LogP contribution in [0, 0.1) is 0 Å². The van der Waals surface area contributed by atoms with Crippen molar-refractivity contribution in [3.05, 3.63) is 34.9 Å². The fraction of sp³-hybridized carbons (Fsp3) is 0.286. The average molecular weight is 323 g/mol. The Balaban J connectivity index is 2.24. The standard InChI is InChI=1S/C14H15BrN2O2/c1-17(9-3-6-13(18)19)14-11-4-2-5-12(15)10(11)7-8-16-14/h2,4-5,7-8H,3,6,9H2,1H3,(H,18,19). The lowest BCUT2D eigenvalue weighted by Crippen LogP contribution is -2.20. The van der Waals surface area contributed by atoms with E-state index in [1.807, 2.05) is 36.2 Å². The van der Waals surface area contributed by atoms with Gasteiger partial charge >= 0.3 is 5.97 Å². The van der Waals surface area contributed by atoms with Gasteiger partial charge in [-0.1, -0.05) is 28.1 Å². The van der Waals surface area contributed by atoms with E-state index in [1.165, 1.54) is 0 Å². The largest absolute Gasteiger partial charge is 0.481 e. The molecule has 1 N–H and O–H groups in total. The maximum Gasteiger partial charge on any atom is 0.303 e. The molecule has 0 saturated carbocycles. The maximum absolute atomic E-state index is 10.5. The molecule has 0 atom stereocenters. The molecule has 100 valence electrons. The molecule has 0 aliphatic carbocycles. The Hall–Kier alpha value is -1.62. The van der Waals surface area contributed by atoms with Gasteiger partial charge in [0.2, 0.25) is 0 Å². The van der Waals surface area contributed by atoms with Crippen LogP contribution in [0.15, 0.2) is 34.9 Å². The summed E-state index contributed by atoms with van der Waals surface area (Å²) >= 11 is 3.53. The minimum absolute atomic E-state index is 0.179. The highest BCUT2D eigenvalue weighted by Crippen LogP contribution is 2.29. The number of benzene rings is 1. The molecule has 0 bridgehead atoms. The number of carbonyl (C=O) groups is 1. The van der Waals surface area contributed by atoms with Crippen molar-refractivity contribution in [3.8, 4) is 0 Å². The summed E-state index contributed by atoms with van der Waals surface area (Å²) in [6.07, 6.45) is 2.56. The third kappa shape index (κ3) is 3.23. The summed E-state index contributed by atoms with van der Waals surface area (Å²) in [4.78, 5) is 16.9. The van der Waals surface area contributed by atoms with Gasteiger partial charge < -0.3 is 10.0 Å². The lowest BCUT2D eigenvalue weighted by molar-refractivity contribution is -0.137. The smallest absolute Gasteiger partial charge is 0.303 e. The van der Waals surface area contributed by atoms with Gasteiger partial charge in [-0.25, -0.2) is 4.98 Å². The second-order valence-electron chi connectivity index (χ2n) is 4.39. The second kappa shape index (κ2) is 6.02. The molecule has 0 aliphatic heterocycles. The third-order valence-corrected chi connectivity index (χ3v) is 3.67. The molecular weight excluding hydrogens is 308 g/mol. The van der Waals surface area contributed by atoms with Crippen molar-refractivity contribution in [2.75, 3.05) is 18.5 Å². The number of rotatable bonds is 5. The minimum atomic E-state index is -0.762. The predicted molar refractivity (Wildman–Crippen MR) is 79.6 cm³/mol. The van der Waals surface area contributed by atoms with Crippen molar-refractivity contribution in [1.82, 2.24) is 4.98 Å². The van der Waals surface area contributed by atoms with Gasteiger partial charge in [-0.3, -0.25) is 4.79 Å². The first-order chi connectivity index (χ1) is 9.09. The molecule has 0 fully saturated rings. The first-order valence-corrected chi connectivity index (χ1v) is 6.85. The number of hydrogen-bond acceptors (Lipinski definition) is 3. The number of halogens is 1. The van der Waals surface area contributed by atoms with Crippen molar-refractivity contribution < 1.29 is 9.90 Å². The monoisotopic (exact) mass is 322 g/mol. The van der Waals surface area contributed by atoms with E-state index < -0.39 is 5.97 Å². The van der Waals surface area contributed by atoms with Crippen LogP contribution in [0.5, 0.6) is 0 Å². The number of pyridine rings is 1. The zero-order valence-corrected chi connectivity index (χ0v) is 12.2. The van der Waals surface area contributed by atoms with E-state index in [9.17, 15) is 4.79 Å². The average Bonchev–Trinajstić information content (AvgIpc) is 2.38. The van der Waals surface area contributed by atoms with Gasteiger partial charge in [0.05, 0.1) is 0 Å². The van der Waals surface area contributed by atoms with Gasteiger partial charge in [0.25, 0.3) is 0 Å². The molecule has 1 aromatic carbocycles. The van der Waals surface area contributed by atoms with Crippen LogP contribution in [0.3, 0.4) is 0 Å². The van der Waals surface area contributed by atoms with Crippen LogP contribution in [0.2, 0.25) is 0 Å². The van der Waals surface area contributed by atoms with Crippen LogP contribution < -0.4 is 4.90 Å². The molecular formula is C14H15BrN2O2. The molecule has 2 rings (SSSR count). The van der Waals surface area contributed by atoms with Crippen molar-refractivity contribution in [2.24, 2.45) is 0 Å². The number of nitrogens with zero attached hydrogens (tertiary/aromatic N) is 2. The van der Waals surface area contributed by atoms with Gasteiger partial charge in [-0.15, -0.1) is 0 Å². The first kappa shape index (κ1) is 13.8. The van der Waals surface area contributed by atoms with E-state index in [1.54, 1.807) is 6.20 Å². The summed E-state index contributed by atoms with van der Waals surface area (Å²) in [6, 6.07) is 7.96. The molecule has 0 amide bonds. The number of hydrogen-bond donors (Lipinski definition) is 1. The van der Waals surface area contributed by atoms with Crippen LogP contribution in [0.1, 0.15) is 12.8 Å². The molecule has 1 aromatic heterocycles. The fourth-order valence-electron chi connectivity index (χ4n) is 2.03. The molecule has 19 heavy (non-hydrogen) atoms. The third-order valence-electron chi connectivity index (χ3n) is 2.98. The lowest BCUT2D eigenvalue weighted by atomic mass is 10.1. The quantitative estimate of drug-likeness (QED) is 0.917. The number of aliphatic carboxylic acids is 1. The Labute approximate surface area is 120 Å². The molecule has 2 aromatic rings. The van der Waals surface area contributed by atoms with Gasteiger partial charge in [0, 0.05) is 41.5 Å². The topological polar surface area (TPSA) is 53.4 Å². The van der Waals surface area contributed by atoms with Gasteiger partial charge in [-0.2, -0.15) is 0 Å². The van der Waals surface area contributed by atoms with Crippen LogP contribution in [0.25, 0.3) is 10.8 Å². The summed E-state index contributed by atoms with van der Waals surface area (Å²) in [6.45, 7) is 0.672. The Morgan fingerprint density at radius 3 is 2.89 bits per heavy atom. The zero-order valence-electron chi connectivity index (χ0n) is 10.6. The van der Waals surface area contributed by atoms with E-state index >= 15 is 0 Å². The van der Waals surface area contributed by atoms with Crippen molar-refractivity contribution in [1.29, 1.82) is 0 Å². The van der Waals surface area contributed by atoms with E-state index in [2.05, 4.69) is 20.9 Å². The molecule has 0 saturated heterocycles. The van der Waals surface area contributed by atoms with Gasteiger partial charge in [0.15, 0.2) is 0 Å². The summed E-state index contributed by atoms with van der Waals surface area (Å²) in [5, 5.41) is 10.8. The van der Waals surface area contributed by atoms with Crippen molar-refractivity contribution >= 4 is 38.5 Å². The van der Waals surface area contributed by atoms with E-state index in [4.69, 9.17) is 5.11 Å². The molecule has 0 unspecified atom stereocenters. The number of anilines is 1. The molecule has 1 heterocycles. The van der Waals surface area contributed by atoms with Crippen molar-refractivity contribution in [3.63, 3.8) is 0 Å². The highest BCUT2D eigenvalue weighted by atomic mass is 79.9. The first-order valence-electron chi connectivity index (χ1n) is 6.06. The number of carboxylic acid groups (broad SMARTS) is 1.